The predicted molar refractivity (Wildman–Crippen MR) is 71.6 cm³/mol. The van der Waals surface area contributed by atoms with Crippen LogP contribution in [0.4, 0.5) is 4.79 Å². The Labute approximate surface area is 110 Å². The molecule has 0 saturated carbocycles. The summed E-state index contributed by atoms with van der Waals surface area (Å²) in [4.78, 5) is 14.2. The highest BCUT2D eigenvalue weighted by Crippen LogP contribution is 2.36. The Balaban J connectivity index is 1.98. The molecular weight excluding hydrogens is 228 g/mol. The molecule has 2 aliphatic heterocycles. The maximum absolute atomic E-state index is 12.2. The summed E-state index contributed by atoms with van der Waals surface area (Å²) in [5, 5.41) is 3.51. The molecule has 2 unspecified atom stereocenters. The average Bonchev–Trinajstić information content (AvgIpc) is 2.49. The van der Waals surface area contributed by atoms with Crippen LogP contribution in [0.1, 0.15) is 53.4 Å². The lowest BCUT2D eigenvalue weighted by molar-refractivity contribution is 0.00482. The number of amides is 1. The van der Waals surface area contributed by atoms with Crippen molar-refractivity contribution in [3.05, 3.63) is 0 Å². The van der Waals surface area contributed by atoms with Crippen LogP contribution in [-0.2, 0) is 4.74 Å². The van der Waals surface area contributed by atoms with Crippen LogP contribution in [0.2, 0.25) is 0 Å². The molecule has 0 radical (unpaired) electrons. The fourth-order valence-electron chi connectivity index (χ4n) is 3.25. The number of rotatable bonds is 2. The Hall–Kier alpha value is -0.770. The van der Waals surface area contributed by atoms with Crippen molar-refractivity contribution >= 4 is 6.09 Å². The minimum atomic E-state index is -0.394. The van der Waals surface area contributed by atoms with E-state index in [0.29, 0.717) is 18.1 Å². The fourth-order valence-corrected chi connectivity index (χ4v) is 3.25. The Kier molecular flexibility index (Phi) is 3.85. The normalized spacial score (nSPS) is 31.6. The number of ether oxygens (including phenoxy) is 1. The molecule has 18 heavy (non-hydrogen) atoms. The summed E-state index contributed by atoms with van der Waals surface area (Å²) in [6, 6.07) is 1.33. The van der Waals surface area contributed by atoms with Gasteiger partial charge in [-0.3, -0.25) is 0 Å². The molecule has 2 fully saturated rings. The van der Waals surface area contributed by atoms with Gasteiger partial charge in [0.1, 0.15) is 5.60 Å². The molecule has 2 atom stereocenters. The van der Waals surface area contributed by atoms with E-state index in [2.05, 4.69) is 12.2 Å². The van der Waals surface area contributed by atoms with Gasteiger partial charge in [0.2, 0.25) is 0 Å². The Morgan fingerprint density at radius 3 is 2.28 bits per heavy atom. The molecule has 2 aliphatic rings. The number of hydrogen-bond donors (Lipinski definition) is 1. The molecule has 4 nitrogen and oxygen atoms in total. The van der Waals surface area contributed by atoms with E-state index in [-0.39, 0.29) is 6.09 Å². The van der Waals surface area contributed by atoms with E-state index >= 15 is 0 Å². The first-order valence-corrected chi connectivity index (χ1v) is 7.15. The number of carbonyl (C=O) groups excluding carboxylic acids is 1. The van der Waals surface area contributed by atoms with Crippen molar-refractivity contribution < 1.29 is 9.53 Å². The second-order valence-corrected chi connectivity index (χ2v) is 6.50. The summed E-state index contributed by atoms with van der Waals surface area (Å²) >= 11 is 0. The van der Waals surface area contributed by atoms with Crippen LogP contribution >= 0.6 is 0 Å². The lowest BCUT2D eigenvalue weighted by atomic mass is 9.98. The highest BCUT2D eigenvalue weighted by molar-refractivity contribution is 5.69. The summed E-state index contributed by atoms with van der Waals surface area (Å²) in [5.74, 6) is 0. The zero-order valence-electron chi connectivity index (χ0n) is 12.0. The fraction of sp³-hybridized carbons (Fsp3) is 0.929. The average molecular weight is 254 g/mol. The van der Waals surface area contributed by atoms with Gasteiger partial charge in [0.25, 0.3) is 0 Å². The minimum absolute atomic E-state index is 0.120. The standard InChI is InChI=1S/C14H26N2O2/c1-5-15-10-8-11-6-7-12(9-10)16(11)13(17)18-14(2,3)4/h10-12,15H,5-9H2,1-4H3. The van der Waals surface area contributed by atoms with Crippen molar-refractivity contribution in [1.82, 2.24) is 10.2 Å². The van der Waals surface area contributed by atoms with E-state index in [0.717, 1.165) is 32.2 Å². The smallest absolute Gasteiger partial charge is 0.410 e. The summed E-state index contributed by atoms with van der Waals surface area (Å²) in [6.07, 6.45) is 4.29. The van der Waals surface area contributed by atoms with Crippen LogP contribution in [0.3, 0.4) is 0 Å². The molecule has 2 saturated heterocycles. The quantitative estimate of drug-likeness (QED) is 0.823. The molecule has 1 amide bonds. The van der Waals surface area contributed by atoms with Crippen molar-refractivity contribution in [3.63, 3.8) is 0 Å². The van der Waals surface area contributed by atoms with Gasteiger partial charge in [-0.05, 0) is 53.0 Å². The Morgan fingerprint density at radius 1 is 1.28 bits per heavy atom. The zero-order chi connectivity index (χ0) is 13.3. The number of hydrogen-bond acceptors (Lipinski definition) is 3. The lowest BCUT2D eigenvalue weighted by Gasteiger charge is -2.39. The second kappa shape index (κ2) is 5.08. The number of nitrogens with one attached hydrogen (secondary N) is 1. The maximum Gasteiger partial charge on any atom is 0.410 e. The predicted octanol–water partition coefficient (Wildman–Crippen LogP) is 2.53. The van der Waals surface area contributed by atoms with E-state index in [1.165, 1.54) is 0 Å². The third kappa shape index (κ3) is 2.97. The van der Waals surface area contributed by atoms with Crippen LogP contribution in [0.15, 0.2) is 0 Å². The Morgan fingerprint density at radius 2 is 1.83 bits per heavy atom. The van der Waals surface area contributed by atoms with Gasteiger partial charge in [-0.15, -0.1) is 0 Å². The van der Waals surface area contributed by atoms with E-state index in [1.54, 1.807) is 0 Å². The van der Waals surface area contributed by atoms with E-state index in [4.69, 9.17) is 4.74 Å². The first-order valence-electron chi connectivity index (χ1n) is 7.15. The number of carbonyl (C=O) groups is 1. The van der Waals surface area contributed by atoms with Gasteiger partial charge >= 0.3 is 6.09 Å². The molecule has 0 aromatic heterocycles. The van der Waals surface area contributed by atoms with Crippen molar-refractivity contribution in [1.29, 1.82) is 0 Å². The van der Waals surface area contributed by atoms with Gasteiger partial charge in [-0.25, -0.2) is 4.79 Å². The lowest BCUT2D eigenvalue weighted by Crippen LogP contribution is -2.52. The van der Waals surface area contributed by atoms with E-state index < -0.39 is 5.60 Å². The first kappa shape index (κ1) is 13.7. The Bertz CT molecular complexity index is 297. The number of fused-ring (bicyclic) bond motifs is 2. The van der Waals surface area contributed by atoms with Gasteiger partial charge in [0, 0.05) is 18.1 Å². The SMILES string of the molecule is CCNC1CC2CCC(C1)N2C(=O)OC(C)(C)C. The third-order valence-electron chi connectivity index (χ3n) is 3.83. The highest BCUT2D eigenvalue weighted by Gasteiger charge is 2.44. The molecule has 0 aliphatic carbocycles. The van der Waals surface area contributed by atoms with Crippen molar-refractivity contribution in [3.8, 4) is 0 Å². The molecular formula is C14H26N2O2. The summed E-state index contributed by atoms with van der Waals surface area (Å²) in [5.41, 5.74) is -0.394. The molecule has 0 spiro atoms. The van der Waals surface area contributed by atoms with Crippen LogP contribution < -0.4 is 5.32 Å². The highest BCUT2D eigenvalue weighted by atomic mass is 16.6. The van der Waals surface area contributed by atoms with Gasteiger partial charge in [-0.2, -0.15) is 0 Å². The molecule has 2 bridgehead atoms. The van der Waals surface area contributed by atoms with Gasteiger partial charge in [-0.1, -0.05) is 6.92 Å². The van der Waals surface area contributed by atoms with Crippen molar-refractivity contribution in [2.24, 2.45) is 0 Å². The van der Waals surface area contributed by atoms with E-state index in [9.17, 15) is 4.79 Å². The topological polar surface area (TPSA) is 41.6 Å². The van der Waals surface area contributed by atoms with Crippen LogP contribution in [0, 0.1) is 0 Å². The molecule has 4 heteroatoms. The summed E-state index contributed by atoms with van der Waals surface area (Å²) in [7, 11) is 0. The zero-order valence-corrected chi connectivity index (χ0v) is 12.0. The van der Waals surface area contributed by atoms with E-state index in [1.807, 2.05) is 25.7 Å². The molecule has 104 valence electrons. The molecule has 1 N–H and O–H groups in total. The molecule has 0 aromatic carbocycles. The number of nitrogens with zero attached hydrogens (tertiary/aromatic N) is 1. The molecule has 2 heterocycles. The first-order chi connectivity index (χ1) is 8.40. The summed E-state index contributed by atoms with van der Waals surface area (Å²) < 4.78 is 5.52. The second-order valence-electron chi connectivity index (χ2n) is 6.50. The van der Waals surface area contributed by atoms with Crippen molar-refractivity contribution in [2.45, 2.75) is 77.1 Å². The van der Waals surface area contributed by atoms with Gasteiger partial charge < -0.3 is 15.0 Å². The third-order valence-corrected chi connectivity index (χ3v) is 3.83. The monoisotopic (exact) mass is 254 g/mol. The summed E-state index contributed by atoms with van der Waals surface area (Å²) in [6.45, 7) is 8.94. The molecule has 2 rings (SSSR count). The van der Waals surface area contributed by atoms with Crippen LogP contribution in [0.25, 0.3) is 0 Å². The van der Waals surface area contributed by atoms with Gasteiger partial charge in [0.05, 0.1) is 0 Å². The van der Waals surface area contributed by atoms with Crippen molar-refractivity contribution in [2.75, 3.05) is 6.54 Å². The van der Waals surface area contributed by atoms with Crippen LogP contribution in [-0.4, -0.2) is 41.3 Å². The van der Waals surface area contributed by atoms with Gasteiger partial charge in [0.15, 0.2) is 0 Å². The minimum Gasteiger partial charge on any atom is -0.444 e. The maximum atomic E-state index is 12.2. The largest absolute Gasteiger partial charge is 0.444 e. The van der Waals surface area contributed by atoms with Crippen LogP contribution in [0.5, 0.6) is 0 Å². The molecule has 0 aromatic rings. The number of piperidine rings is 1.